The summed E-state index contributed by atoms with van der Waals surface area (Å²) >= 11 is 0. The first-order chi connectivity index (χ1) is 12.4. The summed E-state index contributed by atoms with van der Waals surface area (Å²) in [6, 6.07) is 14.4. The lowest BCUT2D eigenvalue weighted by molar-refractivity contribution is -0.116. The van der Waals surface area contributed by atoms with Gasteiger partial charge >= 0.3 is 0 Å². The van der Waals surface area contributed by atoms with Crippen molar-refractivity contribution in [2.75, 3.05) is 18.4 Å². The van der Waals surface area contributed by atoms with Crippen LogP contribution in [0.4, 0.5) is 5.69 Å². The smallest absolute Gasteiger partial charge is 0.240 e. The Hall–Kier alpha value is -2.22. The quantitative estimate of drug-likeness (QED) is 0.625. The fourth-order valence-corrected chi connectivity index (χ4v) is 3.54. The fourth-order valence-electron chi connectivity index (χ4n) is 2.45. The Labute approximate surface area is 154 Å². The van der Waals surface area contributed by atoms with Crippen LogP contribution in [0.15, 0.2) is 53.4 Å². The number of aryl methyl sites for hydroxylation is 2. The Bertz CT molecular complexity index is 833. The third kappa shape index (κ3) is 6.25. The number of sulfonamides is 1. The van der Waals surface area contributed by atoms with Crippen LogP contribution < -0.4 is 15.8 Å². The molecule has 0 unspecified atom stereocenters. The second-order valence-electron chi connectivity index (χ2n) is 6.10. The van der Waals surface area contributed by atoms with Gasteiger partial charge < -0.3 is 11.1 Å². The van der Waals surface area contributed by atoms with Gasteiger partial charge in [-0.25, -0.2) is 13.1 Å². The van der Waals surface area contributed by atoms with Crippen LogP contribution in [0, 0.1) is 6.92 Å². The van der Waals surface area contributed by atoms with Crippen molar-refractivity contribution < 1.29 is 13.2 Å². The Morgan fingerprint density at radius 2 is 1.85 bits per heavy atom. The average molecular weight is 375 g/mol. The number of nitrogens with two attached hydrogens (primary N) is 1. The molecular formula is C19H25N3O3S. The molecule has 140 valence electrons. The van der Waals surface area contributed by atoms with E-state index in [0.717, 1.165) is 12.8 Å². The van der Waals surface area contributed by atoms with E-state index in [-0.39, 0.29) is 23.9 Å². The van der Waals surface area contributed by atoms with Crippen molar-refractivity contribution in [3.8, 4) is 0 Å². The van der Waals surface area contributed by atoms with Crippen LogP contribution in [-0.4, -0.2) is 27.4 Å². The molecule has 0 bridgehead atoms. The van der Waals surface area contributed by atoms with Gasteiger partial charge in [-0.1, -0.05) is 35.9 Å². The maximum atomic E-state index is 12.1. The minimum atomic E-state index is -3.62. The monoisotopic (exact) mass is 375 g/mol. The summed E-state index contributed by atoms with van der Waals surface area (Å²) in [5, 5.41) is 2.75. The number of carbonyl (C=O) groups is 1. The Kier molecular flexibility index (Phi) is 7.32. The highest BCUT2D eigenvalue weighted by molar-refractivity contribution is 7.89. The molecule has 1 amide bonds. The molecule has 0 spiro atoms. The number of amides is 1. The molecule has 0 aromatic heterocycles. The Balaban J connectivity index is 1.88. The number of benzene rings is 2. The molecule has 2 aromatic rings. The molecule has 4 N–H and O–H groups in total. The molecule has 2 rings (SSSR count). The number of rotatable bonds is 9. The second kappa shape index (κ2) is 9.47. The number of hydrogen-bond donors (Lipinski definition) is 3. The van der Waals surface area contributed by atoms with Crippen LogP contribution >= 0.6 is 0 Å². The van der Waals surface area contributed by atoms with E-state index in [1.54, 1.807) is 12.1 Å². The van der Waals surface area contributed by atoms with Crippen molar-refractivity contribution in [1.82, 2.24) is 4.72 Å². The Morgan fingerprint density at radius 3 is 2.54 bits per heavy atom. The molecule has 0 atom stereocenters. The molecule has 0 heterocycles. The summed E-state index contributed by atoms with van der Waals surface area (Å²) in [4.78, 5) is 12.2. The minimum absolute atomic E-state index is 0.100. The van der Waals surface area contributed by atoms with E-state index in [2.05, 4.69) is 34.3 Å². The molecule has 0 aliphatic carbocycles. The molecule has 0 saturated carbocycles. The average Bonchev–Trinajstić information content (AvgIpc) is 2.62. The van der Waals surface area contributed by atoms with Crippen LogP contribution in [-0.2, 0) is 21.2 Å². The van der Waals surface area contributed by atoms with Gasteiger partial charge in [0.2, 0.25) is 15.9 Å². The van der Waals surface area contributed by atoms with E-state index in [1.807, 2.05) is 6.92 Å². The van der Waals surface area contributed by atoms with Crippen LogP contribution in [0.2, 0.25) is 0 Å². The highest BCUT2D eigenvalue weighted by Crippen LogP contribution is 2.16. The van der Waals surface area contributed by atoms with E-state index in [0.29, 0.717) is 12.1 Å². The first-order valence-electron chi connectivity index (χ1n) is 8.56. The normalized spacial score (nSPS) is 11.3. The topological polar surface area (TPSA) is 101 Å². The van der Waals surface area contributed by atoms with Crippen molar-refractivity contribution in [2.45, 2.75) is 31.1 Å². The fraction of sp³-hybridized carbons (Fsp3) is 0.316. The zero-order valence-corrected chi connectivity index (χ0v) is 15.7. The van der Waals surface area contributed by atoms with Crippen LogP contribution in [0.25, 0.3) is 0 Å². The van der Waals surface area contributed by atoms with Crippen molar-refractivity contribution in [1.29, 1.82) is 0 Å². The van der Waals surface area contributed by atoms with Gasteiger partial charge in [0.1, 0.15) is 0 Å². The van der Waals surface area contributed by atoms with E-state index in [9.17, 15) is 13.2 Å². The summed E-state index contributed by atoms with van der Waals surface area (Å²) in [6.45, 7) is 2.42. The summed E-state index contributed by atoms with van der Waals surface area (Å²) in [5.74, 6) is -0.137. The molecular weight excluding hydrogens is 350 g/mol. The predicted octanol–water partition coefficient (Wildman–Crippen LogP) is 2.19. The zero-order valence-electron chi connectivity index (χ0n) is 14.9. The summed E-state index contributed by atoms with van der Waals surface area (Å²) in [5.41, 5.74) is 8.19. The highest BCUT2D eigenvalue weighted by Gasteiger charge is 2.14. The molecule has 0 fully saturated rings. The lowest BCUT2D eigenvalue weighted by Crippen LogP contribution is -2.29. The first-order valence-corrected chi connectivity index (χ1v) is 10.0. The number of nitrogens with one attached hydrogen (secondary N) is 2. The van der Waals surface area contributed by atoms with Gasteiger partial charge in [0, 0.05) is 25.2 Å². The molecule has 6 nitrogen and oxygen atoms in total. The maximum Gasteiger partial charge on any atom is 0.240 e. The standard InChI is InChI=1S/C19H25N3O3S/c1-15-8-10-16(11-9-15)4-2-7-19(23)22-17-5-3-6-18(14-17)26(24,25)21-13-12-20/h3,5-6,8-11,14,21H,2,4,7,12-13,20H2,1H3,(H,22,23). The van der Waals surface area contributed by atoms with Crippen molar-refractivity contribution in [2.24, 2.45) is 5.73 Å². The molecule has 7 heteroatoms. The van der Waals surface area contributed by atoms with Crippen molar-refractivity contribution >= 4 is 21.6 Å². The molecule has 26 heavy (non-hydrogen) atoms. The third-order valence-electron chi connectivity index (χ3n) is 3.85. The molecule has 0 radical (unpaired) electrons. The predicted molar refractivity (Wildman–Crippen MR) is 103 cm³/mol. The lowest BCUT2D eigenvalue weighted by Gasteiger charge is -2.09. The summed E-state index contributed by atoms with van der Waals surface area (Å²) < 4.78 is 26.6. The van der Waals surface area contributed by atoms with Gasteiger partial charge in [-0.05, 0) is 43.5 Å². The molecule has 0 aliphatic rings. The van der Waals surface area contributed by atoms with Gasteiger partial charge in [-0.3, -0.25) is 4.79 Å². The number of carbonyl (C=O) groups excluding carboxylic acids is 1. The van der Waals surface area contributed by atoms with Crippen LogP contribution in [0.3, 0.4) is 0 Å². The highest BCUT2D eigenvalue weighted by atomic mass is 32.2. The van der Waals surface area contributed by atoms with Crippen LogP contribution in [0.1, 0.15) is 24.0 Å². The largest absolute Gasteiger partial charge is 0.329 e. The van der Waals surface area contributed by atoms with E-state index in [4.69, 9.17) is 5.73 Å². The second-order valence-corrected chi connectivity index (χ2v) is 7.87. The van der Waals surface area contributed by atoms with Gasteiger partial charge in [-0.2, -0.15) is 0 Å². The zero-order chi connectivity index (χ0) is 19.0. The maximum absolute atomic E-state index is 12.1. The summed E-state index contributed by atoms with van der Waals surface area (Å²) in [7, 11) is -3.62. The van der Waals surface area contributed by atoms with E-state index in [1.165, 1.54) is 23.3 Å². The van der Waals surface area contributed by atoms with E-state index >= 15 is 0 Å². The minimum Gasteiger partial charge on any atom is -0.329 e. The van der Waals surface area contributed by atoms with Gasteiger partial charge in [0.25, 0.3) is 0 Å². The van der Waals surface area contributed by atoms with Gasteiger partial charge in [-0.15, -0.1) is 0 Å². The number of hydrogen-bond acceptors (Lipinski definition) is 4. The third-order valence-corrected chi connectivity index (χ3v) is 5.31. The van der Waals surface area contributed by atoms with Gasteiger partial charge in [0.15, 0.2) is 0 Å². The van der Waals surface area contributed by atoms with Crippen LogP contribution in [0.5, 0.6) is 0 Å². The van der Waals surface area contributed by atoms with Crippen molar-refractivity contribution in [3.63, 3.8) is 0 Å². The molecule has 0 aliphatic heterocycles. The summed E-state index contributed by atoms with van der Waals surface area (Å²) in [6.07, 6.45) is 1.92. The SMILES string of the molecule is Cc1ccc(CCCC(=O)Nc2cccc(S(=O)(=O)NCCN)c2)cc1. The first kappa shape index (κ1) is 20.1. The van der Waals surface area contributed by atoms with E-state index < -0.39 is 10.0 Å². The molecule has 0 saturated heterocycles. The Morgan fingerprint density at radius 1 is 1.12 bits per heavy atom. The van der Waals surface area contributed by atoms with Crippen molar-refractivity contribution in [3.05, 3.63) is 59.7 Å². The van der Waals surface area contributed by atoms with Gasteiger partial charge in [0.05, 0.1) is 4.90 Å². The molecule has 2 aromatic carbocycles. The number of anilines is 1. The lowest BCUT2D eigenvalue weighted by atomic mass is 10.1.